The SMILES string of the molecule is CNCc1sc(C2CN(C)CCO2)nc1C(C)(C)C. The molecular weight excluding hydrogens is 258 g/mol. The van der Waals surface area contributed by atoms with Gasteiger partial charge in [-0.05, 0) is 14.1 Å². The Balaban J connectivity index is 2.26. The summed E-state index contributed by atoms with van der Waals surface area (Å²) in [6, 6.07) is 0. The van der Waals surface area contributed by atoms with Crippen LogP contribution in [0.3, 0.4) is 0 Å². The third-order valence-electron chi connectivity index (χ3n) is 3.31. The largest absolute Gasteiger partial charge is 0.368 e. The molecule has 2 heterocycles. The summed E-state index contributed by atoms with van der Waals surface area (Å²) in [6.45, 7) is 10.3. The number of nitrogens with one attached hydrogen (secondary N) is 1. The Morgan fingerprint density at radius 3 is 2.79 bits per heavy atom. The fourth-order valence-corrected chi connectivity index (χ4v) is 3.63. The van der Waals surface area contributed by atoms with Crippen molar-refractivity contribution in [3.05, 3.63) is 15.6 Å². The highest BCUT2D eigenvalue weighted by Gasteiger charge is 2.28. The molecule has 0 aromatic carbocycles. The molecule has 1 aliphatic heterocycles. The molecule has 1 atom stereocenters. The monoisotopic (exact) mass is 283 g/mol. The number of likely N-dealkylation sites (N-methyl/N-ethyl adjacent to an activating group) is 1. The van der Waals surface area contributed by atoms with Crippen LogP contribution in [0.15, 0.2) is 0 Å². The predicted molar refractivity (Wildman–Crippen MR) is 79.8 cm³/mol. The van der Waals surface area contributed by atoms with Crippen LogP contribution in [0.25, 0.3) is 0 Å². The molecule has 1 fully saturated rings. The second-order valence-corrected chi connectivity index (χ2v) is 7.34. The van der Waals surface area contributed by atoms with Crippen LogP contribution in [0, 0.1) is 0 Å². The molecule has 108 valence electrons. The minimum Gasteiger partial charge on any atom is -0.368 e. The van der Waals surface area contributed by atoms with Crippen molar-refractivity contribution in [3.8, 4) is 0 Å². The van der Waals surface area contributed by atoms with Crippen molar-refractivity contribution in [1.29, 1.82) is 0 Å². The minimum absolute atomic E-state index is 0.0848. The molecule has 1 unspecified atom stereocenters. The Kier molecular flexibility index (Phi) is 4.61. The van der Waals surface area contributed by atoms with Gasteiger partial charge >= 0.3 is 0 Å². The molecule has 1 aromatic heterocycles. The topological polar surface area (TPSA) is 37.4 Å². The molecule has 1 aromatic rings. The summed E-state index contributed by atoms with van der Waals surface area (Å²) in [7, 11) is 4.12. The molecule has 0 aliphatic carbocycles. The molecule has 0 saturated carbocycles. The first-order valence-corrected chi connectivity index (χ1v) is 7.68. The molecule has 0 spiro atoms. The van der Waals surface area contributed by atoms with Crippen molar-refractivity contribution in [2.24, 2.45) is 0 Å². The molecule has 1 saturated heterocycles. The lowest BCUT2D eigenvalue weighted by molar-refractivity contribution is -0.0210. The highest BCUT2D eigenvalue weighted by atomic mass is 32.1. The lowest BCUT2D eigenvalue weighted by atomic mass is 9.91. The molecule has 19 heavy (non-hydrogen) atoms. The van der Waals surface area contributed by atoms with Gasteiger partial charge in [0.05, 0.1) is 12.3 Å². The van der Waals surface area contributed by atoms with E-state index in [2.05, 4.69) is 38.0 Å². The van der Waals surface area contributed by atoms with Gasteiger partial charge in [-0.2, -0.15) is 0 Å². The second-order valence-electron chi connectivity index (χ2n) is 6.23. The molecule has 0 bridgehead atoms. The third kappa shape index (κ3) is 3.54. The standard InChI is InChI=1S/C14H25N3OS/c1-14(2,3)12-11(8-15-4)19-13(16-12)10-9-17(5)6-7-18-10/h10,15H,6-9H2,1-5H3. The average molecular weight is 283 g/mol. The number of hydrogen-bond acceptors (Lipinski definition) is 5. The summed E-state index contributed by atoms with van der Waals surface area (Å²) >= 11 is 1.79. The van der Waals surface area contributed by atoms with Crippen molar-refractivity contribution < 1.29 is 4.74 Å². The fourth-order valence-electron chi connectivity index (χ4n) is 2.30. The summed E-state index contributed by atoms with van der Waals surface area (Å²) in [4.78, 5) is 8.53. The van der Waals surface area contributed by atoms with E-state index in [9.17, 15) is 0 Å². The number of hydrogen-bond donors (Lipinski definition) is 1. The molecule has 2 rings (SSSR count). The van der Waals surface area contributed by atoms with E-state index in [1.807, 2.05) is 7.05 Å². The lowest BCUT2D eigenvalue weighted by Gasteiger charge is -2.28. The summed E-state index contributed by atoms with van der Waals surface area (Å²) in [6.07, 6.45) is 0.135. The quantitative estimate of drug-likeness (QED) is 0.922. The Morgan fingerprint density at radius 2 is 2.21 bits per heavy atom. The first-order chi connectivity index (χ1) is 8.91. The highest BCUT2D eigenvalue weighted by molar-refractivity contribution is 7.11. The lowest BCUT2D eigenvalue weighted by Crippen LogP contribution is -2.35. The van der Waals surface area contributed by atoms with Crippen molar-refractivity contribution in [2.45, 2.75) is 38.8 Å². The van der Waals surface area contributed by atoms with Gasteiger partial charge in [0.1, 0.15) is 11.1 Å². The van der Waals surface area contributed by atoms with Crippen LogP contribution in [-0.2, 0) is 16.7 Å². The van der Waals surface area contributed by atoms with Crippen molar-refractivity contribution >= 4 is 11.3 Å². The van der Waals surface area contributed by atoms with Gasteiger partial charge in [0.2, 0.25) is 0 Å². The van der Waals surface area contributed by atoms with Crippen molar-refractivity contribution in [2.75, 3.05) is 33.8 Å². The Morgan fingerprint density at radius 1 is 1.47 bits per heavy atom. The van der Waals surface area contributed by atoms with Crippen LogP contribution in [0.1, 0.15) is 42.5 Å². The van der Waals surface area contributed by atoms with E-state index in [0.717, 1.165) is 31.2 Å². The van der Waals surface area contributed by atoms with E-state index in [-0.39, 0.29) is 11.5 Å². The third-order valence-corrected chi connectivity index (χ3v) is 4.45. The summed E-state index contributed by atoms with van der Waals surface area (Å²) < 4.78 is 5.88. The number of aromatic nitrogens is 1. The van der Waals surface area contributed by atoms with Crippen LogP contribution < -0.4 is 5.32 Å². The van der Waals surface area contributed by atoms with Gasteiger partial charge in [-0.1, -0.05) is 20.8 Å². The van der Waals surface area contributed by atoms with Gasteiger partial charge in [-0.15, -0.1) is 11.3 Å². The smallest absolute Gasteiger partial charge is 0.123 e. The second kappa shape index (κ2) is 5.87. The number of thiazole rings is 1. The van der Waals surface area contributed by atoms with E-state index in [0.29, 0.717) is 0 Å². The molecule has 0 radical (unpaired) electrons. The molecule has 1 N–H and O–H groups in total. The molecule has 5 heteroatoms. The van der Waals surface area contributed by atoms with Gasteiger partial charge in [0, 0.05) is 29.9 Å². The predicted octanol–water partition coefficient (Wildman–Crippen LogP) is 2.16. The number of nitrogens with zero attached hydrogens (tertiary/aromatic N) is 2. The first-order valence-electron chi connectivity index (χ1n) is 6.86. The fraction of sp³-hybridized carbons (Fsp3) is 0.786. The van der Waals surface area contributed by atoms with Crippen LogP contribution >= 0.6 is 11.3 Å². The molecule has 4 nitrogen and oxygen atoms in total. The Hall–Kier alpha value is -0.490. The van der Waals surface area contributed by atoms with Crippen LogP contribution in [0.5, 0.6) is 0 Å². The number of morpholine rings is 1. The number of ether oxygens (including phenoxy) is 1. The van der Waals surface area contributed by atoms with Crippen molar-refractivity contribution in [3.63, 3.8) is 0 Å². The minimum atomic E-state index is 0.0848. The summed E-state index contributed by atoms with van der Waals surface area (Å²) in [5.74, 6) is 0. The summed E-state index contributed by atoms with van der Waals surface area (Å²) in [5, 5.41) is 4.37. The van der Waals surface area contributed by atoms with E-state index in [1.54, 1.807) is 11.3 Å². The zero-order valence-corrected chi connectivity index (χ0v) is 13.4. The van der Waals surface area contributed by atoms with E-state index in [1.165, 1.54) is 10.6 Å². The number of rotatable bonds is 3. The van der Waals surface area contributed by atoms with Gasteiger partial charge in [-0.3, -0.25) is 0 Å². The van der Waals surface area contributed by atoms with Crippen LogP contribution in [-0.4, -0.2) is 43.7 Å². The Bertz CT molecular complexity index is 425. The van der Waals surface area contributed by atoms with Crippen LogP contribution in [0.2, 0.25) is 0 Å². The molecule has 0 amide bonds. The molecule has 1 aliphatic rings. The average Bonchev–Trinajstić information content (AvgIpc) is 2.73. The molecular formula is C14H25N3OS. The maximum Gasteiger partial charge on any atom is 0.123 e. The van der Waals surface area contributed by atoms with Crippen LogP contribution in [0.4, 0.5) is 0 Å². The summed E-state index contributed by atoms with van der Waals surface area (Å²) in [5.41, 5.74) is 1.29. The Labute approximate surface area is 120 Å². The van der Waals surface area contributed by atoms with Gasteiger partial charge in [-0.25, -0.2) is 4.98 Å². The normalized spacial score (nSPS) is 21.8. The van der Waals surface area contributed by atoms with Gasteiger partial charge in [0.25, 0.3) is 0 Å². The zero-order chi connectivity index (χ0) is 14.0. The van der Waals surface area contributed by atoms with Crippen molar-refractivity contribution in [1.82, 2.24) is 15.2 Å². The van der Waals surface area contributed by atoms with E-state index < -0.39 is 0 Å². The van der Waals surface area contributed by atoms with E-state index in [4.69, 9.17) is 9.72 Å². The van der Waals surface area contributed by atoms with E-state index >= 15 is 0 Å². The highest BCUT2D eigenvalue weighted by Crippen LogP contribution is 2.34. The zero-order valence-electron chi connectivity index (χ0n) is 12.6. The van der Waals surface area contributed by atoms with Gasteiger partial charge < -0.3 is 15.0 Å². The maximum atomic E-state index is 5.88. The first kappa shape index (κ1) is 14.9. The maximum absolute atomic E-state index is 5.88. The van der Waals surface area contributed by atoms with Gasteiger partial charge in [0.15, 0.2) is 0 Å².